The summed E-state index contributed by atoms with van der Waals surface area (Å²) in [7, 11) is 0. The summed E-state index contributed by atoms with van der Waals surface area (Å²) in [6.45, 7) is 0. The van der Waals surface area contributed by atoms with Crippen LogP contribution in [0.2, 0.25) is 0 Å². The lowest BCUT2D eigenvalue weighted by Gasteiger charge is -2.30. The fourth-order valence-electron chi connectivity index (χ4n) is 7.70. The van der Waals surface area contributed by atoms with Crippen LogP contribution >= 0.6 is 0 Å². The van der Waals surface area contributed by atoms with E-state index in [1.54, 1.807) is 0 Å². The van der Waals surface area contributed by atoms with E-state index in [1.165, 1.54) is 66.8 Å². The highest BCUT2D eigenvalue weighted by molar-refractivity contribution is 5.99. The quantitative estimate of drug-likeness (QED) is 0.226. The molecule has 0 amide bonds. The average molecular weight is 560 g/mol. The van der Waals surface area contributed by atoms with E-state index in [2.05, 4.69) is 175 Å². The first-order chi connectivity index (χ1) is 21.8. The maximum absolute atomic E-state index is 3.92. The summed E-state index contributed by atoms with van der Waals surface area (Å²) in [6.07, 6.45) is 0. The zero-order valence-corrected chi connectivity index (χ0v) is 24.2. The number of fused-ring (bicyclic) bond motifs is 10. The molecule has 0 aromatic heterocycles. The molecule has 0 heterocycles. The molecule has 1 spiro atoms. The van der Waals surface area contributed by atoms with Crippen molar-refractivity contribution in [3.8, 4) is 44.5 Å². The van der Waals surface area contributed by atoms with Crippen LogP contribution in [0.5, 0.6) is 0 Å². The van der Waals surface area contributed by atoms with E-state index >= 15 is 0 Å². The molecule has 44 heavy (non-hydrogen) atoms. The maximum atomic E-state index is 3.92. The van der Waals surface area contributed by atoms with Gasteiger partial charge in [-0.2, -0.15) is 0 Å². The monoisotopic (exact) mass is 559 g/mol. The van der Waals surface area contributed by atoms with Gasteiger partial charge in [-0.1, -0.05) is 146 Å². The zero-order chi connectivity index (χ0) is 29.1. The van der Waals surface area contributed by atoms with Gasteiger partial charge in [0, 0.05) is 16.9 Å². The standard InChI is InChI=1S/C43H29N/c1-3-14-29(15-4-1)31-26-32(30-16-5-2-6-17-30)28-33(27-31)44-41-25-13-24-40-42(41)36-20-9-12-23-39(36)43(40)37-21-10-7-18-34(37)35-19-8-11-22-38(35)43/h1-28,44H. The number of rotatable bonds is 4. The van der Waals surface area contributed by atoms with Crippen molar-refractivity contribution in [3.63, 3.8) is 0 Å². The van der Waals surface area contributed by atoms with Gasteiger partial charge in [-0.25, -0.2) is 0 Å². The molecule has 0 bridgehead atoms. The van der Waals surface area contributed by atoms with Crippen LogP contribution in [0, 0.1) is 0 Å². The minimum atomic E-state index is -0.349. The van der Waals surface area contributed by atoms with Gasteiger partial charge in [0.1, 0.15) is 0 Å². The van der Waals surface area contributed by atoms with E-state index in [-0.39, 0.29) is 5.41 Å². The summed E-state index contributed by atoms with van der Waals surface area (Å²) in [5, 5.41) is 3.92. The topological polar surface area (TPSA) is 12.0 Å². The van der Waals surface area contributed by atoms with Gasteiger partial charge in [0.25, 0.3) is 0 Å². The summed E-state index contributed by atoms with van der Waals surface area (Å²) in [5.41, 5.74) is 17.3. The Bertz CT molecular complexity index is 2090. The molecule has 1 N–H and O–H groups in total. The molecule has 206 valence electrons. The summed E-state index contributed by atoms with van der Waals surface area (Å²) >= 11 is 0. The second-order valence-electron chi connectivity index (χ2n) is 11.8. The van der Waals surface area contributed by atoms with E-state index in [9.17, 15) is 0 Å². The molecule has 0 saturated heterocycles. The van der Waals surface area contributed by atoms with Crippen LogP contribution < -0.4 is 5.32 Å². The molecule has 9 rings (SSSR count). The van der Waals surface area contributed by atoms with E-state index in [0.717, 1.165) is 11.4 Å². The highest BCUT2D eigenvalue weighted by Crippen LogP contribution is 2.63. The number of anilines is 2. The van der Waals surface area contributed by atoms with Crippen molar-refractivity contribution >= 4 is 11.4 Å². The highest BCUT2D eigenvalue weighted by Gasteiger charge is 2.51. The highest BCUT2D eigenvalue weighted by atomic mass is 14.9. The molecule has 0 aliphatic heterocycles. The maximum Gasteiger partial charge on any atom is 0.0726 e. The Labute approximate surface area is 258 Å². The molecular weight excluding hydrogens is 530 g/mol. The van der Waals surface area contributed by atoms with Crippen LogP contribution in [-0.4, -0.2) is 0 Å². The summed E-state index contributed by atoms with van der Waals surface area (Å²) < 4.78 is 0. The van der Waals surface area contributed by atoms with Gasteiger partial charge >= 0.3 is 0 Å². The van der Waals surface area contributed by atoms with Crippen molar-refractivity contribution in [2.45, 2.75) is 5.41 Å². The molecule has 7 aromatic carbocycles. The van der Waals surface area contributed by atoms with Crippen molar-refractivity contribution < 1.29 is 0 Å². The minimum absolute atomic E-state index is 0.349. The van der Waals surface area contributed by atoms with E-state index < -0.39 is 0 Å². The minimum Gasteiger partial charge on any atom is -0.355 e. The zero-order valence-electron chi connectivity index (χ0n) is 24.2. The summed E-state index contributed by atoms with van der Waals surface area (Å²) in [5.74, 6) is 0. The Hall–Kier alpha value is -5.66. The predicted octanol–water partition coefficient (Wildman–Crippen LogP) is 11.1. The largest absolute Gasteiger partial charge is 0.355 e. The molecule has 0 saturated carbocycles. The van der Waals surface area contributed by atoms with Crippen molar-refractivity contribution in [2.75, 3.05) is 5.32 Å². The number of nitrogens with one attached hydrogen (secondary N) is 1. The first-order valence-electron chi connectivity index (χ1n) is 15.3. The van der Waals surface area contributed by atoms with Gasteiger partial charge in [-0.3, -0.25) is 0 Å². The second-order valence-corrected chi connectivity index (χ2v) is 11.8. The van der Waals surface area contributed by atoms with Gasteiger partial charge in [-0.05, 0) is 85.5 Å². The molecule has 2 aliphatic rings. The lowest BCUT2D eigenvalue weighted by Crippen LogP contribution is -2.25. The number of hydrogen-bond acceptors (Lipinski definition) is 1. The first kappa shape index (κ1) is 24.9. The normalized spacial score (nSPS) is 13.2. The third-order valence-electron chi connectivity index (χ3n) is 9.45. The molecular formula is C43H29N. The molecule has 1 heteroatoms. The van der Waals surface area contributed by atoms with Crippen LogP contribution in [0.3, 0.4) is 0 Å². The third kappa shape index (κ3) is 3.53. The number of benzene rings is 7. The Morgan fingerprint density at radius 1 is 0.341 bits per heavy atom. The van der Waals surface area contributed by atoms with Crippen LogP contribution in [0.15, 0.2) is 170 Å². The Balaban J connectivity index is 1.27. The molecule has 1 nitrogen and oxygen atoms in total. The van der Waals surface area contributed by atoms with Gasteiger partial charge < -0.3 is 5.32 Å². The average Bonchev–Trinajstić information content (AvgIpc) is 3.57. The summed E-state index contributed by atoms with van der Waals surface area (Å²) in [6, 6.07) is 61.9. The van der Waals surface area contributed by atoms with Crippen molar-refractivity contribution in [2.24, 2.45) is 0 Å². The molecule has 0 radical (unpaired) electrons. The van der Waals surface area contributed by atoms with E-state index in [1.807, 2.05) is 0 Å². The molecule has 2 aliphatic carbocycles. The smallest absolute Gasteiger partial charge is 0.0726 e. The molecule has 0 atom stereocenters. The fourth-order valence-corrected chi connectivity index (χ4v) is 7.70. The van der Waals surface area contributed by atoms with Crippen LogP contribution in [0.25, 0.3) is 44.5 Å². The Morgan fingerprint density at radius 3 is 1.36 bits per heavy atom. The molecule has 7 aromatic rings. The van der Waals surface area contributed by atoms with Gasteiger partial charge in [0.05, 0.1) is 5.41 Å². The van der Waals surface area contributed by atoms with Crippen molar-refractivity contribution in [1.29, 1.82) is 0 Å². The lowest BCUT2D eigenvalue weighted by molar-refractivity contribution is 0.794. The van der Waals surface area contributed by atoms with Gasteiger partial charge in [-0.15, -0.1) is 0 Å². The predicted molar refractivity (Wildman–Crippen MR) is 183 cm³/mol. The second kappa shape index (κ2) is 9.69. The SMILES string of the molecule is c1ccc(-c2cc(Nc3cccc4c3-c3ccccc3C43c4ccccc4-c4ccccc43)cc(-c3ccccc3)c2)cc1. The lowest BCUT2D eigenvalue weighted by atomic mass is 9.70. The van der Waals surface area contributed by atoms with Crippen LogP contribution in [0.1, 0.15) is 22.3 Å². The first-order valence-corrected chi connectivity index (χ1v) is 15.3. The van der Waals surface area contributed by atoms with Gasteiger partial charge in [0.15, 0.2) is 0 Å². The van der Waals surface area contributed by atoms with E-state index in [4.69, 9.17) is 0 Å². The van der Waals surface area contributed by atoms with Crippen molar-refractivity contribution in [3.05, 3.63) is 192 Å². The van der Waals surface area contributed by atoms with Gasteiger partial charge in [0.2, 0.25) is 0 Å². The number of hydrogen-bond donors (Lipinski definition) is 1. The van der Waals surface area contributed by atoms with Crippen molar-refractivity contribution in [1.82, 2.24) is 0 Å². The third-order valence-corrected chi connectivity index (χ3v) is 9.45. The molecule has 0 fully saturated rings. The summed E-state index contributed by atoms with van der Waals surface area (Å²) in [4.78, 5) is 0. The van der Waals surface area contributed by atoms with Crippen LogP contribution in [0.4, 0.5) is 11.4 Å². The van der Waals surface area contributed by atoms with E-state index in [0.29, 0.717) is 0 Å². The fraction of sp³-hybridized carbons (Fsp3) is 0.0233. The molecule has 0 unspecified atom stereocenters. The Kier molecular flexibility index (Phi) is 5.48. The Morgan fingerprint density at radius 2 is 0.795 bits per heavy atom. The van der Waals surface area contributed by atoms with Crippen LogP contribution in [-0.2, 0) is 5.41 Å².